The number of rotatable bonds is 3. The molecule has 2 rings (SSSR count). The molecule has 0 atom stereocenters. The maximum absolute atomic E-state index is 11.4. The molecule has 1 heterocycles. The Balaban J connectivity index is 2.23. The van der Waals surface area contributed by atoms with E-state index in [9.17, 15) is 4.79 Å². The monoisotopic (exact) mass is 208 g/mol. The number of hydrogen-bond donors (Lipinski definition) is 1. The van der Waals surface area contributed by atoms with Crippen LogP contribution in [0, 0.1) is 6.92 Å². The van der Waals surface area contributed by atoms with Gasteiger partial charge in [0.15, 0.2) is 11.7 Å². The summed E-state index contributed by atoms with van der Waals surface area (Å²) in [5.74, 6) is 1.31. The van der Waals surface area contributed by atoms with E-state index in [1.807, 2.05) is 0 Å². The number of nitrogens with zero attached hydrogens (tertiary/aromatic N) is 1. The zero-order valence-corrected chi connectivity index (χ0v) is 8.95. The minimum atomic E-state index is -0.163. The van der Waals surface area contributed by atoms with Gasteiger partial charge in [0.1, 0.15) is 0 Å². The number of carbonyl (C=O) groups is 1. The Kier molecular flexibility index (Phi) is 2.86. The van der Waals surface area contributed by atoms with Crippen LogP contribution in [0.1, 0.15) is 53.7 Å². The van der Waals surface area contributed by atoms with Gasteiger partial charge in [0.25, 0.3) is 0 Å². The molecule has 1 fully saturated rings. The Labute approximate surface area is 88.9 Å². The van der Waals surface area contributed by atoms with E-state index in [0.717, 1.165) is 18.7 Å². The molecule has 4 nitrogen and oxygen atoms in total. The van der Waals surface area contributed by atoms with E-state index in [1.54, 1.807) is 6.92 Å². The Morgan fingerprint density at radius 2 is 2.20 bits per heavy atom. The molecule has 0 amide bonds. The van der Waals surface area contributed by atoms with Crippen molar-refractivity contribution in [3.8, 4) is 0 Å². The van der Waals surface area contributed by atoms with E-state index < -0.39 is 0 Å². The summed E-state index contributed by atoms with van der Waals surface area (Å²) in [6.45, 7) is 1.78. The molecule has 0 aromatic carbocycles. The van der Waals surface area contributed by atoms with E-state index >= 15 is 0 Å². The van der Waals surface area contributed by atoms with Crippen molar-refractivity contribution in [1.82, 2.24) is 4.98 Å². The lowest BCUT2D eigenvalue weighted by atomic mass is 10.1. The van der Waals surface area contributed by atoms with Crippen molar-refractivity contribution in [1.29, 1.82) is 0 Å². The van der Waals surface area contributed by atoms with Crippen molar-refractivity contribution in [2.75, 3.05) is 6.54 Å². The molecule has 1 aromatic heterocycles. The second-order valence-electron chi connectivity index (χ2n) is 4.08. The third-order valence-corrected chi connectivity index (χ3v) is 2.96. The maximum atomic E-state index is 11.4. The summed E-state index contributed by atoms with van der Waals surface area (Å²) < 4.78 is 5.51. The highest BCUT2D eigenvalue weighted by molar-refractivity contribution is 5.95. The molecule has 0 aliphatic heterocycles. The normalized spacial score (nSPS) is 17.2. The minimum Gasteiger partial charge on any atom is -0.437 e. The lowest BCUT2D eigenvalue weighted by Gasteiger charge is -2.01. The zero-order valence-electron chi connectivity index (χ0n) is 8.95. The Morgan fingerprint density at radius 1 is 1.53 bits per heavy atom. The first-order valence-corrected chi connectivity index (χ1v) is 5.43. The Hall–Kier alpha value is -1.16. The fourth-order valence-electron chi connectivity index (χ4n) is 2.12. The van der Waals surface area contributed by atoms with E-state index in [1.165, 1.54) is 12.8 Å². The van der Waals surface area contributed by atoms with Crippen molar-refractivity contribution in [3.63, 3.8) is 0 Å². The fraction of sp³-hybridized carbons (Fsp3) is 0.636. The van der Waals surface area contributed by atoms with Gasteiger partial charge in [-0.1, -0.05) is 12.8 Å². The molecular weight excluding hydrogens is 192 g/mol. The van der Waals surface area contributed by atoms with Gasteiger partial charge < -0.3 is 10.2 Å². The van der Waals surface area contributed by atoms with E-state index in [-0.39, 0.29) is 12.3 Å². The summed E-state index contributed by atoms with van der Waals surface area (Å²) in [4.78, 5) is 15.7. The standard InChI is InChI=1S/C11H16N2O2/c1-7-10(9(14)6-12)15-11(13-7)8-4-2-3-5-8/h8H,2-6,12H2,1H3. The second-order valence-corrected chi connectivity index (χ2v) is 4.08. The van der Waals surface area contributed by atoms with Crippen LogP contribution in [-0.2, 0) is 0 Å². The van der Waals surface area contributed by atoms with Crippen LogP contribution >= 0.6 is 0 Å². The SMILES string of the molecule is Cc1nc(C2CCCC2)oc1C(=O)CN. The van der Waals surface area contributed by atoms with Crippen LogP contribution in [0.15, 0.2) is 4.42 Å². The van der Waals surface area contributed by atoms with Crippen molar-refractivity contribution in [2.24, 2.45) is 5.73 Å². The molecule has 0 radical (unpaired) electrons. The summed E-state index contributed by atoms with van der Waals surface area (Å²) in [6.07, 6.45) is 4.70. The molecule has 15 heavy (non-hydrogen) atoms. The molecule has 0 saturated heterocycles. The van der Waals surface area contributed by atoms with Gasteiger partial charge in [0, 0.05) is 5.92 Å². The summed E-state index contributed by atoms with van der Waals surface area (Å²) in [6, 6.07) is 0. The van der Waals surface area contributed by atoms with Gasteiger partial charge in [0.2, 0.25) is 5.78 Å². The predicted octanol–water partition coefficient (Wildman–Crippen LogP) is 1.78. The highest BCUT2D eigenvalue weighted by Gasteiger charge is 2.24. The van der Waals surface area contributed by atoms with Gasteiger partial charge in [-0.15, -0.1) is 0 Å². The summed E-state index contributed by atoms with van der Waals surface area (Å²) in [7, 11) is 0. The molecule has 1 aliphatic carbocycles. The molecule has 0 unspecified atom stereocenters. The van der Waals surface area contributed by atoms with Crippen LogP contribution in [-0.4, -0.2) is 17.3 Å². The number of aromatic nitrogens is 1. The molecule has 1 saturated carbocycles. The molecule has 1 aliphatic rings. The summed E-state index contributed by atoms with van der Waals surface area (Å²) in [5, 5.41) is 0. The number of oxazole rings is 1. The lowest BCUT2D eigenvalue weighted by molar-refractivity contribution is 0.0972. The van der Waals surface area contributed by atoms with Crippen molar-refractivity contribution >= 4 is 5.78 Å². The first kappa shape index (κ1) is 10.4. The quantitative estimate of drug-likeness (QED) is 0.769. The van der Waals surface area contributed by atoms with E-state index in [4.69, 9.17) is 10.2 Å². The number of Topliss-reactive ketones (excluding diaryl/α,β-unsaturated/α-hetero) is 1. The summed E-state index contributed by atoms with van der Waals surface area (Å²) >= 11 is 0. The molecule has 4 heteroatoms. The Morgan fingerprint density at radius 3 is 2.80 bits per heavy atom. The van der Waals surface area contributed by atoms with Crippen LogP contribution in [0.2, 0.25) is 0 Å². The van der Waals surface area contributed by atoms with Crippen molar-refractivity contribution < 1.29 is 9.21 Å². The first-order valence-electron chi connectivity index (χ1n) is 5.43. The number of nitrogens with two attached hydrogens (primary N) is 1. The molecular formula is C11H16N2O2. The van der Waals surface area contributed by atoms with Gasteiger partial charge in [-0.05, 0) is 19.8 Å². The van der Waals surface area contributed by atoms with Crippen molar-refractivity contribution in [3.05, 3.63) is 17.3 Å². The highest BCUT2D eigenvalue weighted by Crippen LogP contribution is 2.34. The van der Waals surface area contributed by atoms with Crippen LogP contribution in [0.25, 0.3) is 0 Å². The van der Waals surface area contributed by atoms with Gasteiger partial charge in [-0.25, -0.2) is 4.98 Å². The third kappa shape index (κ3) is 1.95. The Bertz CT molecular complexity index is 365. The van der Waals surface area contributed by atoms with Crippen LogP contribution < -0.4 is 5.73 Å². The van der Waals surface area contributed by atoms with Gasteiger partial charge in [0.05, 0.1) is 12.2 Å². The molecule has 0 bridgehead atoms. The lowest BCUT2D eigenvalue weighted by Crippen LogP contribution is -2.13. The maximum Gasteiger partial charge on any atom is 0.213 e. The topological polar surface area (TPSA) is 69.1 Å². The zero-order chi connectivity index (χ0) is 10.8. The largest absolute Gasteiger partial charge is 0.437 e. The summed E-state index contributed by atoms with van der Waals surface area (Å²) in [5.41, 5.74) is 5.97. The second kappa shape index (κ2) is 4.14. The number of ketones is 1. The molecule has 2 N–H and O–H groups in total. The molecule has 1 aromatic rings. The first-order chi connectivity index (χ1) is 7.22. The molecule has 82 valence electrons. The molecule has 0 spiro atoms. The average Bonchev–Trinajstić information content (AvgIpc) is 2.84. The van der Waals surface area contributed by atoms with E-state index in [0.29, 0.717) is 17.4 Å². The average molecular weight is 208 g/mol. The van der Waals surface area contributed by atoms with E-state index in [2.05, 4.69) is 4.98 Å². The van der Waals surface area contributed by atoms with Crippen LogP contribution in [0.4, 0.5) is 0 Å². The number of carbonyl (C=O) groups excluding carboxylic acids is 1. The van der Waals surface area contributed by atoms with Gasteiger partial charge in [-0.2, -0.15) is 0 Å². The highest BCUT2D eigenvalue weighted by atomic mass is 16.4. The van der Waals surface area contributed by atoms with Gasteiger partial charge in [-0.3, -0.25) is 4.79 Å². The van der Waals surface area contributed by atoms with Crippen LogP contribution in [0.3, 0.4) is 0 Å². The number of aryl methyl sites for hydroxylation is 1. The third-order valence-electron chi connectivity index (χ3n) is 2.96. The smallest absolute Gasteiger partial charge is 0.213 e. The van der Waals surface area contributed by atoms with Gasteiger partial charge >= 0.3 is 0 Å². The number of hydrogen-bond acceptors (Lipinski definition) is 4. The van der Waals surface area contributed by atoms with Crippen LogP contribution in [0.5, 0.6) is 0 Å². The van der Waals surface area contributed by atoms with Crippen molar-refractivity contribution in [2.45, 2.75) is 38.5 Å². The predicted molar refractivity (Wildman–Crippen MR) is 55.8 cm³/mol. The fourth-order valence-corrected chi connectivity index (χ4v) is 2.12. The minimum absolute atomic E-state index is 0.0137.